The van der Waals surface area contributed by atoms with E-state index in [1.54, 1.807) is 27.2 Å². The number of hydrogen-bond acceptors (Lipinski definition) is 8. The fourth-order valence-corrected chi connectivity index (χ4v) is 5.28. The van der Waals surface area contributed by atoms with E-state index in [2.05, 4.69) is 5.32 Å². The van der Waals surface area contributed by atoms with Crippen molar-refractivity contribution in [2.45, 2.75) is 39.3 Å². The first-order valence-electron chi connectivity index (χ1n) is 12.1. The van der Waals surface area contributed by atoms with Gasteiger partial charge in [-0.3, -0.25) is 4.79 Å². The normalized spacial score (nSPS) is 16.7. The summed E-state index contributed by atoms with van der Waals surface area (Å²) < 4.78 is 16.7. The van der Waals surface area contributed by atoms with E-state index >= 15 is 0 Å². The number of methoxy groups -OCH3 is 2. The fraction of sp³-hybridized carbons (Fsp3) is 0.321. The van der Waals surface area contributed by atoms with Gasteiger partial charge in [0.2, 0.25) is 5.91 Å². The summed E-state index contributed by atoms with van der Waals surface area (Å²) in [5.74, 6) is 0.579. The predicted molar refractivity (Wildman–Crippen MR) is 145 cm³/mol. The van der Waals surface area contributed by atoms with Gasteiger partial charge in [-0.15, -0.1) is 0 Å². The van der Waals surface area contributed by atoms with E-state index in [1.807, 2.05) is 66.6 Å². The number of hydrogen-bond donors (Lipinski definition) is 1. The second-order valence-electron chi connectivity index (χ2n) is 8.75. The molecule has 2 aromatic rings. The standard InChI is InChI=1S/C28H31N3O5S/c1-6-36-27(33)24-25(18-10-8-7-9-11-18)30-28-31(19(16-37-28)14-23(32)29-17(2)3)26(24)21-13-12-20(34-4)15-22(21)35-5/h7-13,15-17,26H,6,14H2,1-5H3,(H,29,32). The predicted octanol–water partition coefficient (Wildman–Crippen LogP) is 4.89. The van der Waals surface area contributed by atoms with E-state index in [-0.39, 0.29) is 25.0 Å². The van der Waals surface area contributed by atoms with Gasteiger partial charge in [0.1, 0.15) is 11.5 Å². The summed E-state index contributed by atoms with van der Waals surface area (Å²) in [6, 6.07) is 14.4. The molecule has 37 heavy (non-hydrogen) atoms. The van der Waals surface area contributed by atoms with Crippen molar-refractivity contribution in [3.8, 4) is 11.5 Å². The summed E-state index contributed by atoms with van der Waals surface area (Å²) in [7, 11) is 3.16. The molecule has 1 atom stereocenters. The van der Waals surface area contributed by atoms with Crippen molar-refractivity contribution in [2.75, 3.05) is 20.8 Å². The highest BCUT2D eigenvalue weighted by Gasteiger charge is 2.43. The van der Waals surface area contributed by atoms with Crippen molar-refractivity contribution in [1.82, 2.24) is 10.2 Å². The Balaban J connectivity index is 1.93. The topological polar surface area (TPSA) is 89.5 Å². The van der Waals surface area contributed by atoms with Gasteiger partial charge in [-0.05, 0) is 38.3 Å². The number of nitrogens with zero attached hydrogens (tertiary/aromatic N) is 2. The van der Waals surface area contributed by atoms with Gasteiger partial charge in [0.15, 0.2) is 5.17 Å². The number of carbonyl (C=O) groups excluding carboxylic acids is 2. The molecule has 0 radical (unpaired) electrons. The highest BCUT2D eigenvalue weighted by atomic mass is 32.2. The average Bonchev–Trinajstić information content (AvgIpc) is 3.29. The molecule has 0 bridgehead atoms. The molecule has 2 aliphatic rings. The SMILES string of the molecule is CCOC(=O)C1=C(c2ccccc2)N=C2SC=C(CC(=O)NC(C)C)N2C1c1ccc(OC)cc1OC. The Morgan fingerprint density at radius 2 is 1.86 bits per heavy atom. The number of esters is 1. The summed E-state index contributed by atoms with van der Waals surface area (Å²) in [6.07, 6.45) is 0.135. The molecule has 2 aromatic carbocycles. The van der Waals surface area contributed by atoms with Gasteiger partial charge in [0, 0.05) is 28.9 Å². The van der Waals surface area contributed by atoms with Gasteiger partial charge < -0.3 is 24.4 Å². The van der Waals surface area contributed by atoms with E-state index in [0.29, 0.717) is 27.9 Å². The maximum absolute atomic E-state index is 13.6. The zero-order chi connectivity index (χ0) is 26.5. The van der Waals surface area contributed by atoms with E-state index in [9.17, 15) is 9.59 Å². The van der Waals surface area contributed by atoms with Crippen LogP contribution in [-0.4, -0.2) is 48.8 Å². The molecular weight excluding hydrogens is 490 g/mol. The first-order valence-corrected chi connectivity index (χ1v) is 13.0. The lowest BCUT2D eigenvalue weighted by Crippen LogP contribution is -2.39. The number of aliphatic imine (C=N–C) groups is 1. The van der Waals surface area contributed by atoms with Crippen LogP contribution in [0.5, 0.6) is 11.5 Å². The van der Waals surface area contributed by atoms with Crippen LogP contribution in [0.3, 0.4) is 0 Å². The van der Waals surface area contributed by atoms with E-state index in [0.717, 1.165) is 16.8 Å². The highest BCUT2D eigenvalue weighted by molar-refractivity contribution is 8.16. The maximum Gasteiger partial charge on any atom is 0.338 e. The molecule has 0 aliphatic carbocycles. The lowest BCUT2D eigenvalue weighted by molar-refractivity contribution is -0.139. The Bertz CT molecular complexity index is 1270. The summed E-state index contributed by atoms with van der Waals surface area (Å²) in [6.45, 7) is 5.82. The third-order valence-electron chi connectivity index (χ3n) is 5.88. The van der Waals surface area contributed by atoms with Crippen molar-refractivity contribution in [3.63, 3.8) is 0 Å². The van der Waals surface area contributed by atoms with Crippen LogP contribution in [0.2, 0.25) is 0 Å². The van der Waals surface area contributed by atoms with Crippen molar-refractivity contribution in [2.24, 2.45) is 4.99 Å². The average molecular weight is 522 g/mol. The summed E-state index contributed by atoms with van der Waals surface area (Å²) in [5.41, 5.74) is 3.16. The van der Waals surface area contributed by atoms with Crippen LogP contribution in [0, 0.1) is 0 Å². The Hall–Kier alpha value is -3.72. The summed E-state index contributed by atoms with van der Waals surface area (Å²) in [5, 5.41) is 5.53. The van der Waals surface area contributed by atoms with E-state index in [1.165, 1.54) is 11.8 Å². The molecule has 2 heterocycles. The van der Waals surface area contributed by atoms with Crippen LogP contribution >= 0.6 is 11.8 Å². The molecule has 0 saturated heterocycles. The molecule has 1 N–H and O–H groups in total. The molecule has 0 spiro atoms. The quantitative estimate of drug-likeness (QED) is 0.470. The van der Waals surface area contributed by atoms with Gasteiger partial charge in [-0.1, -0.05) is 42.1 Å². The number of thioether (sulfide) groups is 1. The number of benzene rings is 2. The van der Waals surface area contributed by atoms with Crippen LogP contribution in [0.15, 0.2) is 70.2 Å². The maximum atomic E-state index is 13.6. The third-order valence-corrected chi connectivity index (χ3v) is 6.77. The molecule has 1 unspecified atom stereocenters. The van der Waals surface area contributed by atoms with Crippen LogP contribution < -0.4 is 14.8 Å². The second kappa shape index (κ2) is 11.6. The molecule has 0 saturated carbocycles. The lowest BCUT2D eigenvalue weighted by Gasteiger charge is -2.37. The van der Waals surface area contributed by atoms with Crippen molar-refractivity contribution in [1.29, 1.82) is 0 Å². The van der Waals surface area contributed by atoms with Crippen LogP contribution in [-0.2, 0) is 14.3 Å². The zero-order valence-corrected chi connectivity index (χ0v) is 22.4. The number of amidine groups is 1. The molecule has 1 amide bonds. The van der Waals surface area contributed by atoms with Gasteiger partial charge in [0.25, 0.3) is 0 Å². The minimum absolute atomic E-state index is 0.00815. The van der Waals surface area contributed by atoms with E-state index < -0.39 is 12.0 Å². The van der Waals surface area contributed by atoms with Crippen LogP contribution in [0.4, 0.5) is 0 Å². The summed E-state index contributed by atoms with van der Waals surface area (Å²) in [4.78, 5) is 33.2. The Labute approximate surface area is 221 Å². The van der Waals surface area contributed by atoms with Gasteiger partial charge in [-0.25, -0.2) is 9.79 Å². The number of ether oxygens (including phenoxy) is 3. The molecule has 0 aromatic heterocycles. The monoisotopic (exact) mass is 521 g/mol. The van der Waals surface area contributed by atoms with Crippen molar-refractivity contribution in [3.05, 3.63) is 76.3 Å². The number of fused-ring (bicyclic) bond motifs is 1. The Morgan fingerprint density at radius 1 is 1.11 bits per heavy atom. The van der Waals surface area contributed by atoms with Gasteiger partial charge >= 0.3 is 5.97 Å². The molecule has 8 nitrogen and oxygen atoms in total. The Morgan fingerprint density at radius 3 is 2.51 bits per heavy atom. The first-order chi connectivity index (χ1) is 17.9. The number of carbonyl (C=O) groups is 2. The minimum atomic E-state index is -0.643. The van der Waals surface area contributed by atoms with E-state index in [4.69, 9.17) is 19.2 Å². The first kappa shape index (κ1) is 26.3. The molecule has 4 rings (SSSR count). The molecule has 0 fully saturated rings. The largest absolute Gasteiger partial charge is 0.497 e. The smallest absolute Gasteiger partial charge is 0.338 e. The molecule has 2 aliphatic heterocycles. The summed E-state index contributed by atoms with van der Waals surface area (Å²) >= 11 is 1.42. The number of amides is 1. The molecular formula is C28H31N3O5S. The van der Waals surface area contributed by atoms with Crippen molar-refractivity contribution >= 4 is 34.5 Å². The van der Waals surface area contributed by atoms with Crippen molar-refractivity contribution < 1.29 is 23.8 Å². The van der Waals surface area contributed by atoms with Gasteiger partial charge in [0.05, 0.1) is 44.6 Å². The van der Waals surface area contributed by atoms with Crippen LogP contribution in [0.1, 0.15) is 44.4 Å². The second-order valence-corrected chi connectivity index (χ2v) is 9.59. The molecule has 194 valence electrons. The van der Waals surface area contributed by atoms with Crippen LogP contribution in [0.25, 0.3) is 5.70 Å². The lowest BCUT2D eigenvalue weighted by atomic mass is 9.90. The minimum Gasteiger partial charge on any atom is -0.497 e. The zero-order valence-electron chi connectivity index (χ0n) is 21.6. The van der Waals surface area contributed by atoms with Gasteiger partial charge in [-0.2, -0.15) is 0 Å². The Kier molecular flexibility index (Phi) is 8.23. The number of nitrogens with one attached hydrogen (secondary N) is 1. The highest BCUT2D eigenvalue weighted by Crippen LogP contribution is 2.49. The fourth-order valence-electron chi connectivity index (χ4n) is 4.36. The molecule has 9 heteroatoms. The number of rotatable bonds is 9. The third kappa shape index (κ3) is 5.51.